The second-order valence-corrected chi connectivity index (χ2v) is 8.41. The molecule has 172 valence electrons. The molecule has 0 bridgehead atoms. The Morgan fingerprint density at radius 3 is 2.61 bits per heavy atom. The fraction of sp³-hybridized carbons (Fsp3) is 0.565. The van der Waals surface area contributed by atoms with Crippen molar-refractivity contribution in [2.45, 2.75) is 52.0 Å². The number of aliphatic imine (C=N–C) groups is 1. The largest absolute Gasteiger partial charge is 0.381 e. The minimum atomic E-state index is -0.0807. The second-order valence-electron chi connectivity index (χ2n) is 8.00. The number of guanidine groups is 1. The summed E-state index contributed by atoms with van der Waals surface area (Å²) in [6, 6.07) is 10.3. The van der Waals surface area contributed by atoms with Gasteiger partial charge in [0.2, 0.25) is 0 Å². The lowest BCUT2D eigenvalue weighted by atomic mass is 9.74. The van der Waals surface area contributed by atoms with Crippen LogP contribution in [0.5, 0.6) is 0 Å². The maximum atomic E-state index is 6.57. The van der Waals surface area contributed by atoms with Crippen molar-refractivity contribution >= 4 is 41.5 Å². The molecule has 2 heterocycles. The fourth-order valence-electron chi connectivity index (χ4n) is 4.08. The zero-order chi connectivity index (χ0) is 21.4. The Kier molecular flexibility index (Phi) is 10.6. The van der Waals surface area contributed by atoms with E-state index in [9.17, 15) is 0 Å². The van der Waals surface area contributed by atoms with Crippen LogP contribution in [-0.2, 0) is 16.7 Å². The van der Waals surface area contributed by atoms with E-state index >= 15 is 0 Å². The van der Waals surface area contributed by atoms with Crippen molar-refractivity contribution in [1.29, 1.82) is 0 Å². The molecule has 0 radical (unpaired) electrons. The first-order valence-electron chi connectivity index (χ1n) is 10.9. The van der Waals surface area contributed by atoms with Gasteiger partial charge in [-0.25, -0.2) is 0 Å². The van der Waals surface area contributed by atoms with Gasteiger partial charge in [-0.05, 0) is 57.7 Å². The van der Waals surface area contributed by atoms with E-state index < -0.39 is 0 Å². The summed E-state index contributed by atoms with van der Waals surface area (Å²) >= 11 is 6.57. The number of hydrogen-bond acceptors (Lipinski definition) is 3. The smallest absolute Gasteiger partial charge is 0.191 e. The SMILES string of the molecule is CCNC(=NCC1(c2ccccc2Cl)CCOCC1)NCCCn1nc(C)cc1C.I. The lowest BCUT2D eigenvalue weighted by molar-refractivity contribution is 0.0531. The molecule has 0 unspecified atom stereocenters. The van der Waals surface area contributed by atoms with Crippen molar-refractivity contribution in [3.05, 3.63) is 52.3 Å². The van der Waals surface area contributed by atoms with Crippen LogP contribution < -0.4 is 10.6 Å². The van der Waals surface area contributed by atoms with E-state index in [1.165, 1.54) is 11.3 Å². The van der Waals surface area contributed by atoms with E-state index in [-0.39, 0.29) is 29.4 Å². The molecule has 31 heavy (non-hydrogen) atoms. The van der Waals surface area contributed by atoms with Crippen molar-refractivity contribution in [3.63, 3.8) is 0 Å². The first kappa shape index (κ1) is 25.9. The highest BCUT2D eigenvalue weighted by Crippen LogP contribution is 2.38. The number of nitrogens with one attached hydrogen (secondary N) is 2. The third-order valence-electron chi connectivity index (χ3n) is 5.72. The molecule has 6 nitrogen and oxygen atoms in total. The zero-order valence-corrected chi connectivity index (χ0v) is 21.9. The van der Waals surface area contributed by atoms with Crippen LogP contribution >= 0.6 is 35.6 Å². The van der Waals surface area contributed by atoms with Crippen LogP contribution in [0.15, 0.2) is 35.3 Å². The molecule has 2 aromatic rings. The molecule has 1 aromatic heterocycles. The predicted molar refractivity (Wildman–Crippen MR) is 139 cm³/mol. The molecule has 1 fully saturated rings. The molecule has 0 amide bonds. The highest BCUT2D eigenvalue weighted by atomic mass is 127. The van der Waals surface area contributed by atoms with Crippen LogP contribution in [0.3, 0.4) is 0 Å². The van der Waals surface area contributed by atoms with Crippen LogP contribution in [-0.4, -0.2) is 48.6 Å². The standard InChI is InChI=1S/C23H34ClN5O.HI/c1-4-25-22(26-12-7-13-29-19(3)16-18(2)28-29)27-17-23(10-14-30-15-11-23)20-8-5-6-9-21(20)24;/h5-6,8-9,16H,4,7,10-15,17H2,1-3H3,(H2,25,26,27);1H. The summed E-state index contributed by atoms with van der Waals surface area (Å²) in [7, 11) is 0. The Morgan fingerprint density at radius 2 is 1.97 bits per heavy atom. The van der Waals surface area contributed by atoms with Crippen LogP contribution in [0, 0.1) is 13.8 Å². The molecule has 1 aromatic carbocycles. The van der Waals surface area contributed by atoms with Crippen LogP contribution in [0.1, 0.15) is 43.1 Å². The average molecular weight is 560 g/mol. The Morgan fingerprint density at radius 1 is 1.23 bits per heavy atom. The molecule has 1 aliphatic rings. The minimum absolute atomic E-state index is 0. The van der Waals surface area contributed by atoms with Gasteiger partial charge in [0, 0.05) is 49.0 Å². The average Bonchev–Trinajstić information content (AvgIpc) is 3.07. The maximum absolute atomic E-state index is 6.57. The molecule has 2 N–H and O–H groups in total. The highest BCUT2D eigenvalue weighted by molar-refractivity contribution is 14.0. The number of nitrogens with zero attached hydrogens (tertiary/aromatic N) is 3. The third-order valence-corrected chi connectivity index (χ3v) is 6.05. The van der Waals surface area contributed by atoms with Gasteiger partial charge >= 0.3 is 0 Å². The topological polar surface area (TPSA) is 63.5 Å². The summed E-state index contributed by atoms with van der Waals surface area (Å²) in [5.74, 6) is 0.851. The second kappa shape index (κ2) is 12.6. The van der Waals surface area contributed by atoms with Crippen molar-refractivity contribution in [1.82, 2.24) is 20.4 Å². The fourth-order valence-corrected chi connectivity index (χ4v) is 4.41. The number of aromatic nitrogens is 2. The first-order chi connectivity index (χ1) is 14.5. The van der Waals surface area contributed by atoms with Crippen molar-refractivity contribution in [2.75, 3.05) is 32.8 Å². The van der Waals surface area contributed by atoms with Crippen LogP contribution in [0.25, 0.3) is 0 Å². The van der Waals surface area contributed by atoms with Gasteiger partial charge in [-0.1, -0.05) is 29.8 Å². The summed E-state index contributed by atoms with van der Waals surface area (Å²) < 4.78 is 7.71. The quantitative estimate of drug-likeness (QED) is 0.217. The van der Waals surface area contributed by atoms with Gasteiger partial charge in [0.05, 0.1) is 12.2 Å². The number of hydrogen-bond donors (Lipinski definition) is 2. The Balaban J connectivity index is 0.00000341. The van der Waals surface area contributed by atoms with E-state index in [0.29, 0.717) is 6.54 Å². The van der Waals surface area contributed by atoms with Gasteiger partial charge in [0.1, 0.15) is 0 Å². The zero-order valence-electron chi connectivity index (χ0n) is 18.8. The minimum Gasteiger partial charge on any atom is -0.381 e. The van der Waals surface area contributed by atoms with Crippen LogP contribution in [0.4, 0.5) is 0 Å². The normalized spacial score (nSPS) is 15.9. The molecule has 1 saturated heterocycles. The highest BCUT2D eigenvalue weighted by Gasteiger charge is 2.36. The summed E-state index contributed by atoms with van der Waals surface area (Å²) in [4.78, 5) is 4.95. The third kappa shape index (κ3) is 7.08. The molecule has 0 aliphatic carbocycles. The lowest BCUT2D eigenvalue weighted by Crippen LogP contribution is -2.41. The summed E-state index contributed by atoms with van der Waals surface area (Å²) in [5, 5.41) is 12.2. The molecule has 1 aliphatic heterocycles. The first-order valence-corrected chi connectivity index (χ1v) is 11.3. The van der Waals surface area contributed by atoms with Crippen molar-refractivity contribution in [2.24, 2.45) is 4.99 Å². The van der Waals surface area contributed by atoms with E-state index in [2.05, 4.69) is 52.5 Å². The molecule has 0 saturated carbocycles. The van der Waals surface area contributed by atoms with Gasteiger partial charge in [0.25, 0.3) is 0 Å². The van der Waals surface area contributed by atoms with Crippen molar-refractivity contribution < 1.29 is 4.74 Å². The van der Waals surface area contributed by atoms with Gasteiger partial charge in [-0.3, -0.25) is 9.67 Å². The summed E-state index contributed by atoms with van der Waals surface area (Å²) in [6.07, 6.45) is 2.84. The van der Waals surface area contributed by atoms with Gasteiger partial charge in [-0.2, -0.15) is 5.10 Å². The van der Waals surface area contributed by atoms with E-state index in [1.54, 1.807) is 0 Å². The summed E-state index contributed by atoms with van der Waals surface area (Å²) in [5.41, 5.74) is 3.37. The molecule has 8 heteroatoms. The number of benzene rings is 1. The lowest BCUT2D eigenvalue weighted by Gasteiger charge is -2.37. The Hall–Kier alpha value is -1.32. The van der Waals surface area contributed by atoms with Gasteiger partial charge in [-0.15, -0.1) is 24.0 Å². The monoisotopic (exact) mass is 559 g/mol. The van der Waals surface area contributed by atoms with Gasteiger partial charge in [0.15, 0.2) is 5.96 Å². The molecular weight excluding hydrogens is 525 g/mol. The number of ether oxygens (including phenoxy) is 1. The number of rotatable bonds is 8. The number of halogens is 2. The van der Waals surface area contributed by atoms with Gasteiger partial charge < -0.3 is 15.4 Å². The summed E-state index contributed by atoms with van der Waals surface area (Å²) in [6.45, 7) is 11.0. The molecule has 0 atom stereocenters. The molecule has 0 spiro atoms. The van der Waals surface area contributed by atoms with E-state index in [0.717, 1.165) is 68.8 Å². The maximum Gasteiger partial charge on any atom is 0.191 e. The molecular formula is C23H35ClIN5O. The predicted octanol–water partition coefficient (Wildman–Crippen LogP) is 4.46. The van der Waals surface area contributed by atoms with Crippen LogP contribution in [0.2, 0.25) is 5.02 Å². The Bertz CT molecular complexity index is 848. The number of aryl methyl sites for hydroxylation is 3. The van der Waals surface area contributed by atoms with Crippen molar-refractivity contribution in [3.8, 4) is 0 Å². The van der Waals surface area contributed by atoms with E-state index in [4.69, 9.17) is 21.3 Å². The Labute approximate surface area is 208 Å². The van der Waals surface area contributed by atoms with E-state index in [1.807, 2.05) is 19.1 Å². The molecule has 3 rings (SSSR count).